The molecule has 6 heteroatoms. The molecule has 0 saturated carbocycles. The molecule has 0 aliphatic carbocycles. The number of carboxylic acids is 1. The van der Waals surface area contributed by atoms with E-state index in [0.29, 0.717) is 11.0 Å². The highest BCUT2D eigenvalue weighted by atomic mass is 16.4. The first-order valence-electron chi connectivity index (χ1n) is 3.03. The highest BCUT2D eigenvalue weighted by molar-refractivity contribution is 5.93. The lowest BCUT2D eigenvalue weighted by atomic mass is 10.4. The smallest absolute Gasteiger partial charge is 0.328 e. The predicted molar refractivity (Wildman–Crippen MR) is 37.8 cm³/mol. The third-order valence-electron chi connectivity index (χ3n) is 1.02. The van der Waals surface area contributed by atoms with E-state index in [2.05, 4.69) is 0 Å². The summed E-state index contributed by atoms with van der Waals surface area (Å²) < 4.78 is 0. The molecule has 0 aliphatic heterocycles. The molecule has 0 saturated heterocycles. The summed E-state index contributed by atoms with van der Waals surface area (Å²) in [4.78, 5) is 21.3. The topological polar surface area (TPSA) is 98.1 Å². The number of rotatable bonds is 4. The van der Waals surface area contributed by atoms with Crippen molar-refractivity contribution in [2.75, 3.05) is 13.5 Å². The Kier molecular flexibility index (Phi) is 4.66. The normalized spacial score (nSPS) is 10.2. The minimum absolute atomic E-state index is 0.626. The molecule has 0 radical (unpaired) electrons. The first kappa shape index (κ1) is 10.6. The number of aliphatic carboxylic acids is 1. The lowest BCUT2D eigenvalue weighted by Gasteiger charge is -2.13. The summed E-state index contributed by atoms with van der Waals surface area (Å²) in [5.74, 6) is -2.03. The minimum Gasteiger partial charge on any atom is -0.478 e. The van der Waals surface area contributed by atoms with Gasteiger partial charge >= 0.3 is 5.97 Å². The number of hydrogen-bond acceptors (Lipinski definition) is 4. The molecule has 6 nitrogen and oxygen atoms in total. The van der Waals surface area contributed by atoms with E-state index < -0.39 is 25.3 Å². The van der Waals surface area contributed by atoms with Crippen molar-refractivity contribution in [2.45, 2.75) is 0 Å². The molecular formula is C6H9NO5. The van der Waals surface area contributed by atoms with Crippen molar-refractivity contribution >= 4 is 11.9 Å². The molecule has 0 aromatic heterocycles. The molecule has 0 unspecified atom stereocenters. The van der Waals surface area contributed by atoms with Crippen LogP contribution >= 0.6 is 0 Å². The van der Waals surface area contributed by atoms with Crippen LogP contribution in [0.15, 0.2) is 12.2 Å². The number of carboxylic acid groups (broad SMARTS) is 1. The van der Waals surface area contributed by atoms with Gasteiger partial charge in [-0.3, -0.25) is 9.69 Å². The second kappa shape index (κ2) is 5.28. The van der Waals surface area contributed by atoms with Crippen LogP contribution in [-0.2, 0) is 9.59 Å². The second-order valence-corrected chi connectivity index (χ2v) is 1.83. The van der Waals surface area contributed by atoms with Crippen LogP contribution in [0.2, 0.25) is 0 Å². The molecule has 0 fully saturated rings. The maximum Gasteiger partial charge on any atom is 0.328 e. The molecule has 12 heavy (non-hydrogen) atoms. The van der Waals surface area contributed by atoms with E-state index in [1.165, 1.54) is 0 Å². The van der Waals surface area contributed by atoms with Gasteiger partial charge in [0.05, 0.1) is 0 Å². The molecule has 0 aromatic rings. The van der Waals surface area contributed by atoms with E-state index in [0.717, 1.165) is 6.08 Å². The van der Waals surface area contributed by atoms with Crippen LogP contribution in [0.3, 0.4) is 0 Å². The zero-order valence-electron chi connectivity index (χ0n) is 6.17. The Bertz CT molecular complexity index is 196. The van der Waals surface area contributed by atoms with Gasteiger partial charge in [-0.25, -0.2) is 4.79 Å². The molecule has 0 rings (SSSR count). The number of aliphatic hydroxyl groups excluding tert-OH is 2. The standard InChI is InChI=1S/C6H9NO5/c8-3-7(4-9)5(10)1-2-6(11)12/h1-2,8-9H,3-4H2,(H,11,12). The summed E-state index contributed by atoms with van der Waals surface area (Å²) >= 11 is 0. The molecule has 1 amide bonds. The third kappa shape index (κ3) is 3.69. The van der Waals surface area contributed by atoms with Crippen LogP contribution in [0, 0.1) is 0 Å². The maximum absolute atomic E-state index is 10.8. The van der Waals surface area contributed by atoms with Crippen molar-refractivity contribution in [2.24, 2.45) is 0 Å². The van der Waals surface area contributed by atoms with Crippen LogP contribution in [-0.4, -0.2) is 45.6 Å². The number of carbonyl (C=O) groups is 2. The molecular weight excluding hydrogens is 166 g/mol. The van der Waals surface area contributed by atoms with Gasteiger partial charge in [0.15, 0.2) is 0 Å². The third-order valence-corrected chi connectivity index (χ3v) is 1.02. The SMILES string of the molecule is O=C(O)C=CC(=O)N(CO)CO. The van der Waals surface area contributed by atoms with Crippen molar-refractivity contribution in [3.63, 3.8) is 0 Å². The highest BCUT2D eigenvalue weighted by Crippen LogP contribution is 1.87. The monoisotopic (exact) mass is 175 g/mol. The number of nitrogens with zero attached hydrogens (tertiary/aromatic N) is 1. The Morgan fingerprint density at radius 2 is 1.67 bits per heavy atom. The van der Waals surface area contributed by atoms with Crippen LogP contribution in [0.1, 0.15) is 0 Å². The summed E-state index contributed by atoms with van der Waals surface area (Å²) in [6.45, 7) is -1.31. The average molecular weight is 175 g/mol. The van der Waals surface area contributed by atoms with Gasteiger partial charge in [0, 0.05) is 12.2 Å². The van der Waals surface area contributed by atoms with Crippen molar-refractivity contribution in [1.82, 2.24) is 4.90 Å². The van der Waals surface area contributed by atoms with Crippen LogP contribution in [0.5, 0.6) is 0 Å². The predicted octanol–water partition coefficient (Wildman–Crippen LogP) is -1.64. The van der Waals surface area contributed by atoms with E-state index in [-0.39, 0.29) is 0 Å². The van der Waals surface area contributed by atoms with E-state index in [9.17, 15) is 9.59 Å². The zero-order chi connectivity index (χ0) is 9.56. The lowest BCUT2D eigenvalue weighted by molar-refractivity contribution is -0.135. The van der Waals surface area contributed by atoms with Gasteiger partial charge in [-0.15, -0.1) is 0 Å². The van der Waals surface area contributed by atoms with E-state index >= 15 is 0 Å². The van der Waals surface area contributed by atoms with Gasteiger partial charge in [0.25, 0.3) is 0 Å². The van der Waals surface area contributed by atoms with E-state index in [1.54, 1.807) is 0 Å². The Labute approximate surface area is 68.3 Å². The second-order valence-electron chi connectivity index (χ2n) is 1.83. The first-order valence-corrected chi connectivity index (χ1v) is 3.03. The quantitative estimate of drug-likeness (QED) is 0.351. The summed E-state index contributed by atoms with van der Waals surface area (Å²) in [6, 6.07) is 0. The Balaban J connectivity index is 4.10. The summed E-state index contributed by atoms with van der Waals surface area (Å²) in [5.41, 5.74) is 0. The fourth-order valence-electron chi connectivity index (χ4n) is 0.432. The van der Waals surface area contributed by atoms with E-state index in [4.69, 9.17) is 15.3 Å². The Hall–Kier alpha value is -1.40. The summed E-state index contributed by atoms with van der Waals surface area (Å²) in [5, 5.41) is 25.0. The molecule has 0 spiro atoms. The maximum atomic E-state index is 10.8. The number of aliphatic hydroxyl groups is 2. The zero-order valence-corrected chi connectivity index (χ0v) is 6.17. The number of hydrogen-bond donors (Lipinski definition) is 3. The van der Waals surface area contributed by atoms with Gasteiger partial charge in [-0.1, -0.05) is 0 Å². The molecule has 0 aromatic carbocycles. The fraction of sp³-hybridized carbons (Fsp3) is 0.333. The van der Waals surface area contributed by atoms with Gasteiger partial charge in [0.1, 0.15) is 13.5 Å². The van der Waals surface area contributed by atoms with Gasteiger partial charge in [0.2, 0.25) is 5.91 Å². The minimum atomic E-state index is -1.26. The Morgan fingerprint density at radius 3 is 2.00 bits per heavy atom. The molecule has 0 atom stereocenters. The van der Waals surface area contributed by atoms with Gasteiger partial charge < -0.3 is 15.3 Å². The molecule has 0 aliphatic rings. The molecule has 3 N–H and O–H groups in total. The molecule has 0 heterocycles. The van der Waals surface area contributed by atoms with Crippen molar-refractivity contribution in [3.05, 3.63) is 12.2 Å². The van der Waals surface area contributed by atoms with Crippen molar-refractivity contribution < 1.29 is 24.9 Å². The fourth-order valence-corrected chi connectivity index (χ4v) is 0.432. The highest BCUT2D eigenvalue weighted by Gasteiger charge is 2.06. The van der Waals surface area contributed by atoms with Crippen LogP contribution in [0.25, 0.3) is 0 Å². The van der Waals surface area contributed by atoms with Gasteiger partial charge in [-0.2, -0.15) is 0 Å². The van der Waals surface area contributed by atoms with Crippen molar-refractivity contribution in [3.8, 4) is 0 Å². The molecule has 68 valence electrons. The largest absolute Gasteiger partial charge is 0.478 e. The van der Waals surface area contributed by atoms with Crippen LogP contribution in [0.4, 0.5) is 0 Å². The first-order chi connectivity index (χ1) is 5.61. The Morgan fingerprint density at radius 1 is 1.17 bits per heavy atom. The van der Waals surface area contributed by atoms with Crippen molar-refractivity contribution in [1.29, 1.82) is 0 Å². The van der Waals surface area contributed by atoms with E-state index in [1.807, 2.05) is 0 Å². The number of carbonyl (C=O) groups excluding carboxylic acids is 1. The molecule has 0 bridgehead atoms. The lowest BCUT2D eigenvalue weighted by Crippen LogP contribution is -2.31. The average Bonchev–Trinajstić information content (AvgIpc) is 2.03. The van der Waals surface area contributed by atoms with Crippen LogP contribution < -0.4 is 0 Å². The summed E-state index contributed by atoms with van der Waals surface area (Å²) in [6.07, 6.45) is 1.37. The number of amides is 1. The van der Waals surface area contributed by atoms with Gasteiger partial charge in [-0.05, 0) is 0 Å². The summed E-state index contributed by atoms with van der Waals surface area (Å²) in [7, 11) is 0.